The highest BCUT2D eigenvalue weighted by Gasteiger charge is 2.15. The van der Waals surface area contributed by atoms with Crippen LogP contribution in [-0.4, -0.2) is 12.1 Å². The number of anilines is 1. The van der Waals surface area contributed by atoms with Crippen molar-refractivity contribution in [2.75, 3.05) is 12.4 Å². The fourth-order valence-corrected chi connectivity index (χ4v) is 2.38. The zero-order valence-corrected chi connectivity index (χ0v) is 12.7. The van der Waals surface area contributed by atoms with Crippen LogP contribution in [0.2, 0.25) is 0 Å². The quantitative estimate of drug-likeness (QED) is 0.914. The van der Waals surface area contributed by atoms with Gasteiger partial charge in [0.2, 0.25) is 0 Å². The second-order valence-electron chi connectivity index (χ2n) is 5.44. The van der Waals surface area contributed by atoms with E-state index in [9.17, 15) is 0 Å². The number of thiazole rings is 1. The largest absolute Gasteiger partial charge is 0.495 e. The summed E-state index contributed by atoms with van der Waals surface area (Å²) in [6.07, 6.45) is 1.82. The maximum Gasteiger partial charge on any atom is 0.141 e. The molecule has 2 aromatic rings. The molecule has 0 radical (unpaired) electrons. The maximum absolute atomic E-state index is 5.40. The highest BCUT2D eigenvalue weighted by molar-refractivity contribution is 7.09. The molecule has 0 saturated carbocycles. The van der Waals surface area contributed by atoms with E-state index in [4.69, 9.17) is 4.74 Å². The zero-order chi connectivity index (χ0) is 13.9. The first-order valence-electron chi connectivity index (χ1n) is 6.31. The van der Waals surface area contributed by atoms with Crippen molar-refractivity contribution in [3.63, 3.8) is 0 Å². The van der Waals surface area contributed by atoms with E-state index < -0.39 is 0 Å². The van der Waals surface area contributed by atoms with Gasteiger partial charge >= 0.3 is 0 Å². The average molecular weight is 276 g/mol. The number of nitrogens with zero attached hydrogens (tertiary/aromatic N) is 1. The lowest BCUT2D eigenvalue weighted by atomic mass is 9.87. The van der Waals surface area contributed by atoms with Crippen LogP contribution in [0.1, 0.15) is 31.3 Å². The van der Waals surface area contributed by atoms with Crippen molar-refractivity contribution in [3.8, 4) is 5.75 Å². The molecule has 1 N–H and O–H groups in total. The first-order chi connectivity index (χ1) is 9.00. The third kappa shape index (κ3) is 3.47. The second kappa shape index (κ2) is 5.61. The fraction of sp³-hybridized carbons (Fsp3) is 0.400. The highest BCUT2D eigenvalue weighted by atomic mass is 32.1. The van der Waals surface area contributed by atoms with Gasteiger partial charge < -0.3 is 10.1 Å². The van der Waals surface area contributed by atoms with Crippen LogP contribution in [0.15, 0.2) is 29.8 Å². The van der Waals surface area contributed by atoms with Crippen LogP contribution in [0.3, 0.4) is 0 Å². The molecule has 1 aromatic heterocycles. The van der Waals surface area contributed by atoms with Crippen LogP contribution in [0, 0.1) is 0 Å². The van der Waals surface area contributed by atoms with Gasteiger partial charge in [-0.2, -0.15) is 0 Å². The lowest BCUT2D eigenvalue weighted by Gasteiger charge is -2.21. The van der Waals surface area contributed by atoms with E-state index in [0.717, 1.165) is 23.0 Å². The Morgan fingerprint density at radius 3 is 2.68 bits per heavy atom. The molecular weight excluding hydrogens is 256 g/mol. The van der Waals surface area contributed by atoms with Gasteiger partial charge in [-0.15, -0.1) is 11.3 Å². The van der Waals surface area contributed by atoms with Crippen LogP contribution in [0.25, 0.3) is 0 Å². The normalized spacial score (nSPS) is 11.4. The third-order valence-electron chi connectivity index (χ3n) is 2.98. The summed E-state index contributed by atoms with van der Waals surface area (Å²) in [6, 6.07) is 6.30. The molecule has 2 rings (SSSR count). The van der Waals surface area contributed by atoms with E-state index in [1.54, 1.807) is 18.4 Å². The van der Waals surface area contributed by atoms with E-state index in [0.29, 0.717) is 0 Å². The standard InChI is InChI=1S/C15H20N2OS/c1-15(2,3)11-5-6-13(18-4)12(9-11)17-10-14-16-7-8-19-14/h5-9,17H,10H2,1-4H3. The lowest BCUT2D eigenvalue weighted by molar-refractivity contribution is 0.416. The summed E-state index contributed by atoms with van der Waals surface area (Å²) in [5.41, 5.74) is 2.43. The Morgan fingerprint density at radius 1 is 1.32 bits per heavy atom. The predicted octanol–water partition coefficient (Wildman–Crippen LogP) is 4.06. The van der Waals surface area contributed by atoms with E-state index in [1.165, 1.54) is 5.56 Å². The molecular formula is C15H20N2OS. The van der Waals surface area contributed by atoms with Crippen LogP contribution < -0.4 is 10.1 Å². The van der Waals surface area contributed by atoms with Crippen LogP contribution in [0.5, 0.6) is 5.75 Å². The first-order valence-corrected chi connectivity index (χ1v) is 7.19. The van der Waals surface area contributed by atoms with E-state index in [-0.39, 0.29) is 5.41 Å². The molecule has 0 amide bonds. The minimum Gasteiger partial charge on any atom is -0.495 e. The summed E-state index contributed by atoms with van der Waals surface area (Å²) in [5, 5.41) is 6.46. The summed E-state index contributed by atoms with van der Waals surface area (Å²) < 4.78 is 5.40. The van der Waals surface area contributed by atoms with E-state index in [1.807, 2.05) is 17.6 Å². The Kier molecular flexibility index (Phi) is 4.10. The van der Waals surface area contributed by atoms with E-state index in [2.05, 4.69) is 43.2 Å². The number of hydrogen-bond donors (Lipinski definition) is 1. The van der Waals surface area contributed by atoms with Crippen molar-refractivity contribution in [1.29, 1.82) is 0 Å². The lowest BCUT2D eigenvalue weighted by Crippen LogP contribution is -2.12. The highest BCUT2D eigenvalue weighted by Crippen LogP contribution is 2.31. The van der Waals surface area contributed by atoms with E-state index >= 15 is 0 Å². The molecule has 102 valence electrons. The number of aromatic nitrogens is 1. The number of nitrogens with one attached hydrogen (secondary N) is 1. The van der Waals surface area contributed by atoms with Gasteiger partial charge in [0.05, 0.1) is 19.3 Å². The first kappa shape index (κ1) is 13.9. The molecule has 3 nitrogen and oxygen atoms in total. The van der Waals surface area contributed by atoms with Crippen molar-refractivity contribution in [1.82, 2.24) is 4.98 Å². The van der Waals surface area contributed by atoms with Crippen LogP contribution in [-0.2, 0) is 12.0 Å². The Labute approximate surface area is 118 Å². The van der Waals surface area contributed by atoms with Crippen molar-refractivity contribution in [2.45, 2.75) is 32.7 Å². The van der Waals surface area contributed by atoms with Gasteiger partial charge in [0, 0.05) is 11.6 Å². The number of benzene rings is 1. The van der Waals surface area contributed by atoms with Crippen LogP contribution in [0.4, 0.5) is 5.69 Å². The Morgan fingerprint density at radius 2 is 2.11 bits per heavy atom. The van der Waals surface area contributed by atoms with Gasteiger partial charge in [0.1, 0.15) is 10.8 Å². The molecule has 0 fully saturated rings. The molecule has 1 aromatic carbocycles. The van der Waals surface area contributed by atoms with Gasteiger partial charge in [-0.3, -0.25) is 0 Å². The predicted molar refractivity (Wildman–Crippen MR) is 81.1 cm³/mol. The summed E-state index contributed by atoms with van der Waals surface area (Å²) in [5.74, 6) is 0.865. The maximum atomic E-state index is 5.40. The molecule has 0 saturated heterocycles. The van der Waals surface area contributed by atoms with Crippen LogP contribution >= 0.6 is 11.3 Å². The molecule has 0 aliphatic carbocycles. The van der Waals surface area contributed by atoms with Crippen molar-refractivity contribution in [2.24, 2.45) is 0 Å². The number of rotatable bonds is 4. The zero-order valence-electron chi connectivity index (χ0n) is 11.9. The molecule has 0 aliphatic rings. The smallest absolute Gasteiger partial charge is 0.141 e. The van der Waals surface area contributed by atoms with Crippen molar-refractivity contribution < 1.29 is 4.74 Å². The summed E-state index contributed by atoms with van der Waals surface area (Å²) in [4.78, 5) is 4.27. The number of methoxy groups -OCH3 is 1. The van der Waals surface area contributed by atoms with Gasteiger partial charge in [-0.25, -0.2) is 4.98 Å². The van der Waals surface area contributed by atoms with Gasteiger partial charge in [-0.05, 0) is 23.1 Å². The molecule has 19 heavy (non-hydrogen) atoms. The third-order valence-corrected chi connectivity index (χ3v) is 3.76. The molecule has 0 atom stereocenters. The Bertz CT molecular complexity index is 530. The minimum atomic E-state index is 0.129. The number of ether oxygens (including phenoxy) is 1. The van der Waals surface area contributed by atoms with Crippen molar-refractivity contribution in [3.05, 3.63) is 40.3 Å². The van der Waals surface area contributed by atoms with Gasteiger partial charge in [-0.1, -0.05) is 26.8 Å². The monoisotopic (exact) mass is 276 g/mol. The molecule has 0 spiro atoms. The Balaban J connectivity index is 2.21. The molecule has 1 heterocycles. The average Bonchev–Trinajstić information content (AvgIpc) is 2.88. The second-order valence-corrected chi connectivity index (χ2v) is 6.42. The SMILES string of the molecule is COc1ccc(C(C)(C)C)cc1NCc1nccs1. The van der Waals surface area contributed by atoms with Gasteiger partial charge in [0.15, 0.2) is 0 Å². The topological polar surface area (TPSA) is 34.1 Å². The molecule has 0 unspecified atom stereocenters. The fourth-order valence-electron chi connectivity index (χ4n) is 1.82. The molecule has 4 heteroatoms. The summed E-state index contributed by atoms with van der Waals surface area (Å²) in [6.45, 7) is 7.35. The molecule has 0 bridgehead atoms. The summed E-state index contributed by atoms with van der Waals surface area (Å²) >= 11 is 1.65. The summed E-state index contributed by atoms with van der Waals surface area (Å²) in [7, 11) is 1.70. The van der Waals surface area contributed by atoms with Crippen molar-refractivity contribution >= 4 is 17.0 Å². The Hall–Kier alpha value is -1.55. The minimum absolute atomic E-state index is 0.129. The molecule has 0 aliphatic heterocycles. The van der Waals surface area contributed by atoms with Gasteiger partial charge in [0.25, 0.3) is 0 Å². The number of hydrogen-bond acceptors (Lipinski definition) is 4.